The lowest BCUT2D eigenvalue weighted by atomic mass is 10.0. The van der Waals surface area contributed by atoms with Crippen molar-refractivity contribution in [1.82, 2.24) is 4.90 Å². The van der Waals surface area contributed by atoms with Crippen LogP contribution in [0.5, 0.6) is 0 Å². The minimum absolute atomic E-state index is 0.511. The molecule has 24 heavy (non-hydrogen) atoms. The minimum Gasteiger partial charge on any atom is -0.344 e. The predicted molar refractivity (Wildman–Crippen MR) is 99.7 cm³/mol. The van der Waals surface area contributed by atoms with Crippen molar-refractivity contribution >= 4 is 29.6 Å². The molecule has 0 amide bonds. The Kier molecular flexibility index (Phi) is 5.26. The summed E-state index contributed by atoms with van der Waals surface area (Å²) in [6.45, 7) is 0.591. The number of hydrogen-bond acceptors (Lipinski definition) is 4. The highest BCUT2D eigenvalue weighted by Gasteiger charge is 2.43. The molecule has 1 atom stereocenters. The summed E-state index contributed by atoms with van der Waals surface area (Å²) in [7, 11) is -0.504. The van der Waals surface area contributed by atoms with Crippen LogP contribution in [-0.2, 0) is 20.2 Å². The van der Waals surface area contributed by atoms with E-state index in [-0.39, 0.29) is 0 Å². The Morgan fingerprint density at radius 2 is 1.67 bits per heavy atom. The van der Waals surface area contributed by atoms with Gasteiger partial charge in [0.25, 0.3) is 0 Å². The van der Waals surface area contributed by atoms with E-state index in [0.29, 0.717) is 6.54 Å². The highest BCUT2D eigenvalue weighted by molar-refractivity contribution is 9.11. The molecule has 0 fully saturated rings. The van der Waals surface area contributed by atoms with Gasteiger partial charge in [-0.25, -0.2) is 0 Å². The van der Waals surface area contributed by atoms with E-state index in [2.05, 4.69) is 15.9 Å². The lowest BCUT2D eigenvalue weighted by molar-refractivity contribution is 0.218. The maximum atomic E-state index is 13.3. The standard InChI is InChI=1S/C18H19BrNO3P/c1-22-24(21,23-2)18-16-11-7-6-10-15(16)12-17(19)20(18)13-14-8-4-3-5-9-14/h3-12,18H,13H2,1-2H3. The normalized spacial score (nSPS) is 17.4. The molecule has 1 unspecified atom stereocenters. The van der Waals surface area contributed by atoms with Crippen molar-refractivity contribution in [3.8, 4) is 0 Å². The van der Waals surface area contributed by atoms with Crippen LogP contribution in [0.3, 0.4) is 0 Å². The number of fused-ring (bicyclic) bond motifs is 1. The average Bonchev–Trinajstić information content (AvgIpc) is 2.62. The quantitative estimate of drug-likeness (QED) is 0.492. The summed E-state index contributed by atoms with van der Waals surface area (Å²) in [6.07, 6.45) is 2.03. The van der Waals surface area contributed by atoms with Gasteiger partial charge in [-0.05, 0) is 38.7 Å². The second-order valence-corrected chi connectivity index (χ2v) is 8.60. The van der Waals surface area contributed by atoms with Gasteiger partial charge in [-0.2, -0.15) is 0 Å². The van der Waals surface area contributed by atoms with Gasteiger partial charge in [0, 0.05) is 20.8 Å². The molecule has 4 nitrogen and oxygen atoms in total. The van der Waals surface area contributed by atoms with Crippen LogP contribution in [-0.4, -0.2) is 19.1 Å². The Morgan fingerprint density at radius 3 is 2.33 bits per heavy atom. The third kappa shape index (κ3) is 3.22. The zero-order valence-corrected chi connectivity index (χ0v) is 16.0. The summed E-state index contributed by atoms with van der Waals surface area (Å²) >= 11 is 3.63. The highest BCUT2D eigenvalue weighted by atomic mass is 79.9. The SMILES string of the molecule is COP(=O)(OC)C1c2ccccc2C=C(Br)N1Cc1ccccc1. The Bertz CT molecular complexity index is 786. The Hall–Kier alpha value is -1.39. The fraction of sp³-hybridized carbons (Fsp3) is 0.222. The molecule has 0 aliphatic carbocycles. The first kappa shape index (κ1) is 17.4. The zero-order valence-electron chi connectivity index (χ0n) is 13.6. The Morgan fingerprint density at radius 1 is 1.04 bits per heavy atom. The number of nitrogens with zero attached hydrogens (tertiary/aromatic N) is 1. The zero-order chi connectivity index (χ0) is 17.2. The molecule has 0 saturated carbocycles. The molecule has 0 spiro atoms. The maximum absolute atomic E-state index is 13.3. The van der Waals surface area contributed by atoms with E-state index in [1.807, 2.05) is 65.6 Å². The van der Waals surface area contributed by atoms with Gasteiger partial charge in [-0.3, -0.25) is 4.57 Å². The fourth-order valence-corrected chi connectivity index (χ4v) is 5.34. The molecule has 126 valence electrons. The van der Waals surface area contributed by atoms with Crippen molar-refractivity contribution in [3.63, 3.8) is 0 Å². The first-order valence-electron chi connectivity index (χ1n) is 7.57. The van der Waals surface area contributed by atoms with E-state index in [1.54, 1.807) is 0 Å². The van der Waals surface area contributed by atoms with Crippen LogP contribution in [0.1, 0.15) is 22.5 Å². The molecule has 2 aromatic carbocycles. The fourth-order valence-electron chi connectivity index (χ4n) is 2.93. The van der Waals surface area contributed by atoms with E-state index in [9.17, 15) is 4.57 Å². The molecule has 3 rings (SSSR count). The van der Waals surface area contributed by atoms with Gasteiger partial charge < -0.3 is 13.9 Å². The number of hydrogen-bond donors (Lipinski definition) is 0. The molecule has 0 aromatic heterocycles. The monoisotopic (exact) mass is 407 g/mol. The molecule has 0 radical (unpaired) electrons. The summed E-state index contributed by atoms with van der Waals surface area (Å²) in [6, 6.07) is 17.9. The largest absolute Gasteiger partial charge is 0.356 e. The van der Waals surface area contributed by atoms with Crippen LogP contribution in [0.2, 0.25) is 0 Å². The molecular weight excluding hydrogens is 389 g/mol. The molecule has 1 aliphatic heterocycles. The smallest absolute Gasteiger partial charge is 0.344 e. The van der Waals surface area contributed by atoms with Crippen molar-refractivity contribution < 1.29 is 13.6 Å². The van der Waals surface area contributed by atoms with E-state index in [4.69, 9.17) is 9.05 Å². The number of halogens is 1. The van der Waals surface area contributed by atoms with Crippen LogP contribution >= 0.6 is 23.5 Å². The molecule has 0 bridgehead atoms. The van der Waals surface area contributed by atoms with Crippen LogP contribution in [0.4, 0.5) is 0 Å². The van der Waals surface area contributed by atoms with Gasteiger partial charge in [-0.15, -0.1) is 0 Å². The van der Waals surface area contributed by atoms with Gasteiger partial charge in [0.2, 0.25) is 0 Å². The number of benzene rings is 2. The van der Waals surface area contributed by atoms with Gasteiger partial charge in [-0.1, -0.05) is 54.6 Å². The summed E-state index contributed by atoms with van der Waals surface area (Å²) < 4.78 is 24.8. The van der Waals surface area contributed by atoms with E-state index >= 15 is 0 Å². The summed E-state index contributed by atoms with van der Waals surface area (Å²) in [4.78, 5) is 2.02. The Balaban J connectivity index is 2.10. The van der Waals surface area contributed by atoms with Crippen LogP contribution in [0.15, 0.2) is 59.2 Å². The lowest BCUT2D eigenvalue weighted by Gasteiger charge is -2.39. The number of rotatable bonds is 5. The maximum Gasteiger partial charge on any atom is 0.356 e. The lowest BCUT2D eigenvalue weighted by Crippen LogP contribution is -2.29. The van der Waals surface area contributed by atoms with Crippen LogP contribution in [0, 0.1) is 0 Å². The van der Waals surface area contributed by atoms with Gasteiger partial charge in [0.1, 0.15) is 0 Å². The predicted octanol–water partition coefficient (Wildman–Crippen LogP) is 5.38. The van der Waals surface area contributed by atoms with Crippen molar-refractivity contribution in [1.29, 1.82) is 0 Å². The van der Waals surface area contributed by atoms with Gasteiger partial charge in [0.05, 0.1) is 4.61 Å². The molecule has 2 aromatic rings. The first-order chi connectivity index (χ1) is 11.6. The summed E-state index contributed by atoms with van der Waals surface area (Å²) in [5.41, 5.74) is 3.06. The van der Waals surface area contributed by atoms with E-state index in [1.165, 1.54) is 14.2 Å². The van der Waals surface area contributed by atoms with Gasteiger partial charge in [0.15, 0.2) is 5.78 Å². The third-order valence-electron chi connectivity index (χ3n) is 4.12. The van der Waals surface area contributed by atoms with Gasteiger partial charge >= 0.3 is 7.60 Å². The average molecular weight is 408 g/mol. The third-order valence-corrected chi connectivity index (χ3v) is 6.98. The molecule has 0 saturated heterocycles. The van der Waals surface area contributed by atoms with Crippen molar-refractivity contribution in [2.24, 2.45) is 0 Å². The minimum atomic E-state index is -3.36. The van der Waals surface area contributed by atoms with E-state index in [0.717, 1.165) is 21.3 Å². The molecule has 1 aliphatic rings. The molecule has 1 heterocycles. The first-order valence-corrected chi connectivity index (χ1v) is 9.97. The second kappa shape index (κ2) is 7.24. The highest BCUT2D eigenvalue weighted by Crippen LogP contribution is 2.64. The van der Waals surface area contributed by atoms with Crippen molar-refractivity contribution in [3.05, 3.63) is 75.9 Å². The van der Waals surface area contributed by atoms with Crippen LogP contribution in [0.25, 0.3) is 6.08 Å². The second-order valence-electron chi connectivity index (χ2n) is 5.49. The van der Waals surface area contributed by atoms with Crippen LogP contribution < -0.4 is 0 Å². The molecule has 0 N–H and O–H groups in total. The van der Waals surface area contributed by atoms with E-state index < -0.39 is 13.4 Å². The molecular formula is C18H19BrNO3P. The van der Waals surface area contributed by atoms with Crippen molar-refractivity contribution in [2.75, 3.05) is 14.2 Å². The summed E-state index contributed by atoms with van der Waals surface area (Å²) in [5.74, 6) is -0.511. The Labute approximate surface area is 150 Å². The topological polar surface area (TPSA) is 38.8 Å². The van der Waals surface area contributed by atoms with Crippen molar-refractivity contribution in [2.45, 2.75) is 12.3 Å². The summed E-state index contributed by atoms with van der Waals surface area (Å²) in [5, 5.41) is 0. The molecule has 6 heteroatoms.